The molecule has 3 nitrogen and oxygen atoms in total. The summed E-state index contributed by atoms with van der Waals surface area (Å²) in [5, 5.41) is 19.7. The third-order valence-electron chi connectivity index (χ3n) is 10.4. The van der Waals surface area contributed by atoms with Crippen molar-refractivity contribution >= 4 is 0 Å². The van der Waals surface area contributed by atoms with E-state index in [1.54, 1.807) is 0 Å². The number of hydrogen-bond donors (Lipinski definition) is 2. The highest BCUT2D eigenvalue weighted by atomic mass is 19.4. The van der Waals surface area contributed by atoms with Gasteiger partial charge in [-0.1, -0.05) is 13.3 Å². The largest absolute Gasteiger partial charge is 0.414 e. The normalized spacial score (nSPS) is 46.2. The molecule has 9 unspecified atom stereocenters. The van der Waals surface area contributed by atoms with Crippen LogP contribution in [0.15, 0.2) is 0 Å². The van der Waals surface area contributed by atoms with Crippen LogP contribution in [0.3, 0.4) is 0 Å². The number of halogens is 3. The molecule has 0 amide bonds. The summed E-state index contributed by atoms with van der Waals surface area (Å²) in [6, 6.07) is 0. The van der Waals surface area contributed by atoms with E-state index in [2.05, 4.69) is 6.92 Å². The predicted molar refractivity (Wildman–Crippen MR) is 113 cm³/mol. The van der Waals surface area contributed by atoms with Crippen molar-refractivity contribution < 1.29 is 28.1 Å². The predicted octanol–water partition coefficient (Wildman–Crippen LogP) is 5.73. The number of aliphatic hydroxyl groups is 2. The van der Waals surface area contributed by atoms with Gasteiger partial charge in [0.1, 0.15) is 6.10 Å². The number of alkyl halides is 3. The Hall–Kier alpha value is -0.330. The van der Waals surface area contributed by atoms with E-state index in [0.717, 1.165) is 45.1 Å². The van der Waals surface area contributed by atoms with Crippen molar-refractivity contribution in [2.45, 2.75) is 102 Å². The lowest BCUT2D eigenvalue weighted by atomic mass is 9.44. The first-order valence-electron chi connectivity index (χ1n) is 12.5. The fraction of sp³-hybridized carbons (Fsp3) is 1.00. The van der Waals surface area contributed by atoms with Crippen LogP contribution in [0.5, 0.6) is 0 Å². The minimum absolute atomic E-state index is 0.164. The van der Waals surface area contributed by atoms with Gasteiger partial charge in [-0.05, 0) is 111 Å². The number of hydrogen-bond acceptors (Lipinski definition) is 3. The van der Waals surface area contributed by atoms with Gasteiger partial charge in [-0.2, -0.15) is 13.2 Å². The summed E-state index contributed by atoms with van der Waals surface area (Å²) in [5.41, 5.74) is 0.423. The number of aliphatic hydroxyl groups excluding tert-OH is 2. The summed E-state index contributed by atoms with van der Waals surface area (Å²) in [6.07, 6.45) is 4.17. The van der Waals surface area contributed by atoms with E-state index in [1.165, 1.54) is 25.7 Å². The van der Waals surface area contributed by atoms with Crippen LogP contribution < -0.4 is 0 Å². The summed E-state index contributed by atoms with van der Waals surface area (Å²) in [7, 11) is 1.81. The molecule has 4 rings (SSSR count). The van der Waals surface area contributed by atoms with Gasteiger partial charge in [-0.25, -0.2) is 0 Å². The van der Waals surface area contributed by atoms with Gasteiger partial charge in [0.05, 0.1) is 12.7 Å². The molecule has 4 fully saturated rings. The molecule has 4 aliphatic carbocycles. The summed E-state index contributed by atoms with van der Waals surface area (Å²) in [5.74, 6) is 3.03. The second kappa shape index (κ2) is 8.79. The molecule has 6 heteroatoms. The standard InChI is InChI=1S/C25H41F3O3/c1-23-12-11-21-19(8-6-17-14-18(29)10-13-24(17,21)15-31-2)20(23)9-7-16(23)4-3-5-22(30)25(26,27)28/h16-22,29-30H,3-15H2,1-2H3. The molecule has 2 N–H and O–H groups in total. The van der Waals surface area contributed by atoms with E-state index < -0.39 is 12.3 Å². The Morgan fingerprint density at radius 1 is 1.03 bits per heavy atom. The second-order valence-electron chi connectivity index (χ2n) is 11.6. The topological polar surface area (TPSA) is 49.7 Å². The van der Waals surface area contributed by atoms with Gasteiger partial charge in [-0.3, -0.25) is 0 Å². The first-order chi connectivity index (χ1) is 14.6. The average molecular weight is 447 g/mol. The van der Waals surface area contributed by atoms with Crippen molar-refractivity contribution in [1.29, 1.82) is 0 Å². The van der Waals surface area contributed by atoms with Crippen molar-refractivity contribution in [1.82, 2.24) is 0 Å². The molecule has 4 saturated carbocycles. The van der Waals surface area contributed by atoms with Gasteiger partial charge in [-0.15, -0.1) is 0 Å². The number of rotatable bonds is 6. The van der Waals surface area contributed by atoms with E-state index >= 15 is 0 Å². The number of ether oxygens (including phenoxy) is 1. The van der Waals surface area contributed by atoms with E-state index in [4.69, 9.17) is 4.74 Å². The minimum Gasteiger partial charge on any atom is -0.393 e. The highest BCUT2D eigenvalue weighted by Crippen LogP contribution is 2.68. The SMILES string of the molecule is COCC12CCC(O)CC1CCC1C3CCC(CCCC(O)C(F)(F)F)C3(C)CCC12. The van der Waals surface area contributed by atoms with Gasteiger partial charge in [0.15, 0.2) is 0 Å². The highest BCUT2D eigenvalue weighted by molar-refractivity contribution is 5.10. The molecule has 0 aromatic heterocycles. The Morgan fingerprint density at radius 2 is 1.81 bits per heavy atom. The van der Waals surface area contributed by atoms with E-state index in [9.17, 15) is 23.4 Å². The second-order valence-corrected chi connectivity index (χ2v) is 11.6. The van der Waals surface area contributed by atoms with Crippen LogP contribution in [0.2, 0.25) is 0 Å². The molecule has 0 aromatic rings. The van der Waals surface area contributed by atoms with Crippen molar-refractivity contribution in [3.05, 3.63) is 0 Å². The first kappa shape index (κ1) is 23.8. The van der Waals surface area contributed by atoms with E-state index in [-0.39, 0.29) is 23.4 Å². The van der Waals surface area contributed by atoms with Crippen LogP contribution in [-0.2, 0) is 4.74 Å². The van der Waals surface area contributed by atoms with Crippen molar-refractivity contribution in [3.63, 3.8) is 0 Å². The lowest BCUT2D eigenvalue weighted by Crippen LogP contribution is -2.56. The Kier molecular flexibility index (Phi) is 6.75. The first-order valence-corrected chi connectivity index (χ1v) is 12.5. The maximum atomic E-state index is 12.7. The number of fused-ring (bicyclic) bond motifs is 5. The van der Waals surface area contributed by atoms with Crippen LogP contribution in [-0.4, -0.2) is 42.3 Å². The Balaban J connectivity index is 1.45. The molecule has 0 aromatic carbocycles. The average Bonchev–Trinajstić information content (AvgIpc) is 3.04. The fourth-order valence-electron chi connectivity index (χ4n) is 8.88. The molecule has 0 heterocycles. The quantitative estimate of drug-likeness (QED) is 0.548. The van der Waals surface area contributed by atoms with Crippen LogP contribution in [0.4, 0.5) is 13.2 Å². The van der Waals surface area contributed by atoms with Crippen LogP contribution in [0, 0.1) is 40.4 Å². The van der Waals surface area contributed by atoms with Crippen molar-refractivity contribution in [3.8, 4) is 0 Å². The summed E-state index contributed by atoms with van der Waals surface area (Å²) in [6.45, 7) is 3.21. The summed E-state index contributed by atoms with van der Waals surface area (Å²) in [4.78, 5) is 0. The molecule has 0 radical (unpaired) electrons. The van der Waals surface area contributed by atoms with Crippen LogP contribution in [0.25, 0.3) is 0 Å². The van der Waals surface area contributed by atoms with E-state index in [1.807, 2.05) is 7.11 Å². The minimum atomic E-state index is -4.50. The van der Waals surface area contributed by atoms with E-state index in [0.29, 0.717) is 36.0 Å². The zero-order valence-corrected chi connectivity index (χ0v) is 19.2. The maximum Gasteiger partial charge on any atom is 0.414 e. The van der Waals surface area contributed by atoms with Crippen molar-refractivity contribution in [2.24, 2.45) is 40.4 Å². The molecule has 9 atom stereocenters. The Labute approximate surface area is 185 Å². The third-order valence-corrected chi connectivity index (χ3v) is 10.4. The molecular weight excluding hydrogens is 405 g/mol. The van der Waals surface area contributed by atoms with Crippen molar-refractivity contribution in [2.75, 3.05) is 13.7 Å². The molecule has 0 bridgehead atoms. The molecule has 0 spiro atoms. The van der Waals surface area contributed by atoms with Gasteiger partial charge < -0.3 is 14.9 Å². The fourth-order valence-corrected chi connectivity index (χ4v) is 8.88. The van der Waals surface area contributed by atoms with Gasteiger partial charge in [0, 0.05) is 7.11 Å². The lowest BCUT2D eigenvalue weighted by molar-refractivity contribution is -0.206. The Morgan fingerprint density at radius 3 is 2.52 bits per heavy atom. The van der Waals surface area contributed by atoms with Gasteiger partial charge >= 0.3 is 6.18 Å². The Bertz CT molecular complexity index is 626. The van der Waals surface area contributed by atoms with Crippen LogP contribution in [0.1, 0.15) is 84.0 Å². The maximum absolute atomic E-state index is 12.7. The molecule has 0 saturated heterocycles. The lowest BCUT2D eigenvalue weighted by Gasteiger charge is -2.61. The molecule has 4 aliphatic rings. The molecule has 180 valence electrons. The smallest absolute Gasteiger partial charge is 0.393 e. The zero-order chi connectivity index (χ0) is 22.4. The summed E-state index contributed by atoms with van der Waals surface area (Å²) < 4.78 is 43.8. The van der Waals surface area contributed by atoms with Crippen LogP contribution >= 0.6 is 0 Å². The monoisotopic (exact) mass is 446 g/mol. The molecular formula is C25H41F3O3. The molecule has 0 aliphatic heterocycles. The molecule has 31 heavy (non-hydrogen) atoms. The highest BCUT2D eigenvalue weighted by Gasteiger charge is 2.61. The van der Waals surface area contributed by atoms with Gasteiger partial charge in [0.2, 0.25) is 0 Å². The summed E-state index contributed by atoms with van der Waals surface area (Å²) >= 11 is 0. The van der Waals surface area contributed by atoms with Gasteiger partial charge in [0.25, 0.3) is 0 Å². The number of methoxy groups -OCH3 is 1. The third kappa shape index (κ3) is 4.19. The zero-order valence-electron chi connectivity index (χ0n) is 19.2.